The van der Waals surface area contributed by atoms with Crippen molar-refractivity contribution in [1.82, 2.24) is 4.68 Å². The Morgan fingerprint density at radius 1 is 1.19 bits per heavy atom. The van der Waals surface area contributed by atoms with Gasteiger partial charge in [-0.15, -0.1) is 17.9 Å². The molecular weight excluding hydrogens is 414 g/mol. The topological polar surface area (TPSA) is 70.1 Å². The van der Waals surface area contributed by atoms with Gasteiger partial charge in [0, 0.05) is 27.0 Å². The molecular formula is C19H16BrN3O2S. The van der Waals surface area contributed by atoms with E-state index in [1.54, 1.807) is 16.8 Å². The number of phenols is 2. The summed E-state index contributed by atoms with van der Waals surface area (Å²) in [7, 11) is 0. The lowest BCUT2D eigenvalue weighted by Gasteiger charge is -2.06. The lowest BCUT2D eigenvalue weighted by molar-refractivity contribution is 0.450. The van der Waals surface area contributed by atoms with Crippen LogP contribution in [-0.4, -0.2) is 27.6 Å². The maximum absolute atomic E-state index is 9.96. The highest BCUT2D eigenvalue weighted by Gasteiger charge is 2.10. The molecule has 1 heterocycles. The highest BCUT2D eigenvalue weighted by molar-refractivity contribution is 9.10. The van der Waals surface area contributed by atoms with E-state index in [-0.39, 0.29) is 11.5 Å². The van der Waals surface area contributed by atoms with Crippen LogP contribution in [-0.2, 0) is 0 Å². The van der Waals surface area contributed by atoms with Gasteiger partial charge < -0.3 is 10.2 Å². The first kappa shape index (κ1) is 18.2. The van der Waals surface area contributed by atoms with Gasteiger partial charge in [0.1, 0.15) is 11.5 Å². The van der Waals surface area contributed by atoms with E-state index in [9.17, 15) is 10.2 Å². The number of aromatic nitrogens is 1. The van der Waals surface area contributed by atoms with Crippen molar-refractivity contribution < 1.29 is 10.2 Å². The average Bonchev–Trinajstić information content (AvgIpc) is 3.02. The number of aromatic hydroxyl groups is 2. The predicted molar refractivity (Wildman–Crippen MR) is 109 cm³/mol. The Morgan fingerprint density at radius 3 is 2.73 bits per heavy atom. The Balaban J connectivity index is 2.12. The van der Waals surface area contributed by atoms with Gasteiger partial charge in [-0.25, -0.2) is 4.68 Å². The molecule has 132 valence electrons. The van der Waals surface area contributed by atoms with Gasteiger partial charge in [0.2, 0.25) is 4.80 Å². The molecule has 7 heteroatoms. The van der Waals surface area contributed by atoms with Gasteiger partial charge in [-0.1, -0.05) is 40.2 Å². The fraction of sp³-hybridized carbons (Fsp3) is 0.0526. The predicted octanol–water partition coefficient (Wildman–Crippen LogP) is 4.36. The fourth-order valence-corrected chi connectivity index (χ4v) is 3.60. The number of rotatable bonds is 5. The van der Waals surface area contributed by atoms with E-state index in [4.69, 9.17) is 0 Å². The maximum atomic E-state index is 9.96. The number of benzene rings is 2. The van der Waals surface area contributed by atoms with E-state index in [0.29, 0.717) is 16.9 Å². The van der Waals surface area contributed by atoms with Gasteiger partial charge >= 0.3 is 0 Å². The molecule has 0 radical (unpaired) electrons. The zero-order valence-electron chi connectivity index (χ0n) is 13.7. The lowest BCUT2D eigenvalue weighted by Crippen LogP contribution is -2.12. The first-order valence-corrected chi connectivity index (χ1v) is 9.40. The second kappa shape index (κ2) is 8.16. The molecule has 0 fully saturated rings. The standard InChI is InChI=1S/C19H16BrN3O2S/c1-2-9-21-19-23(22-11-13-7-8-14(24)10-18(13)25)17(12-26-19)15-5-3-4-6-16(15)20/h2-8,10-12,24-25H,1,9H2. The van der Waals surface area contributed by atoms with Crippen molar-refractivity contribution in [2.24, 2.45) is 10.1 Å². The summed E-state index contributed by atoms with van der Waals surface area (Å²) in [5.74, 6) is -0.0463. The molecule has 2 N–H and O–H groups in total. The Bertz CT molecular complexity index is 1040. The van der Waals surface area contributed by atoms with Crippen LogP contribution in [0.2, 0.25) is 0 Å². The third-order valence-electron chi connectivity index (χ3n) is 3.52. The average molecular weight is 430 g/mol. The Morgan fingerprint density at radius 2 is 2.00 bits per heavy atom. The molecule has 3 aromatic rings. The van der Waals surface area contributed by atoms with Gasteiger partial charge in [0.05, 0.1) is 18.5 Å². The summed E-state index contributed by atoms with van der Waals surface area (Å²) >= 11 is 5.04. The van der Waals surface area contributed by atoms with Gasteiger partial charge in [-0.3, -0.25) is 4.99 Å². The van der Waals surface area contributed by atoms with Crippen molar-refractivity contribution in [3.05, 3.63) is 75.3 Å². The zero-order chi connectivity index (χ0) is 18.5. The Hall–Kier alpha value is -2.64. The molecule has 1 aromatic heterocycles. The van der Waals surface area contributed by atoms with Crippen molar-refractivity contribution >= 4 is 33.5 Å². The molecule has 0 atom stereocenters. The number of hydrogen-bond acceptors (Lipinski definition) is 5. The molecule has 0 saturated heterocycles. The van der Waals surface area contributed by atoms with Gasteiger partial charge in [-0.05, 0) is 18.2 Å². The molecule has 0 unspecified atom stereocenters. The van der Waals surface area contributed by atoms with E-state index in [0.717, 1.165) is 15.7 Å². The quantitative estimate of drug-likeness (QED) is 0.467. The van der Waals surface area contributed by atoms with Gasteiger partial charge in [-0.2, -0.15) is 5.10 Å². The van der Waals surface area contributed by atoms with Crippen molar-refractivity contribution in [1.29, 1.82) is 0 Å². The smallest absolute Gasteiger partial charge is 0.206 e. The molecule has 26 heavy (non-hydrogen) atoms. The van der Waals surface area contributed by atoms with Crippen LogP contribution < -0.4 is 4.80 Å². The number of thiazole rings is 1. The molecule has 2 aromatic carbocycles. The molecule has 0 aliphatic carbocycles. The SMILES string of the molecule is C=CCN=c1scc(-c2ccccc2Br)n1N=Cc1ccc(O)cc1O. The fourth-order valence-electron chi connectivity index (χ4n) is 2.28. The number of phenolic OH excluding ortho intramolecular Hbond substituents is 2. The number of hydrogen-bond donors (Lipinski definition) is 2. The molecule has 0 saturated carbocycles. The van der Waals surface area contributed by atoms with Crippen molar-refractivity contribution in [3.63, 3.8) is 0 Å². The van der Waals surface area contributed by atoms with Crippen LogP contribution in [0.15, 0.2) is 75.1 Å². The van der Waals surface area contributed by atoms with E-state index >= 15 is 0 Å². The lowest BCUT2D eigenvalue weighted by atomic mass is 10.2. The molecule has 0 aliphatic heterocycles. The number of nitrogens with zero attached hydrogens (tertiary/aromatic N) is 3. The minimum absolute atomic E-state index is 0.00147. The molecule has 5 nitrogen and oxygen atoms in total. The van der Waals surface area contributed by atoms with Crippen LogP contribution in [0, 0.1) is 0 Å². The molecule has 0 amide bonds. The molecule has 0 bridgehead atoms. The Kier molecular flexibility index (Phi) is 5.70. The summed E-state index contributed by atoms with van der Waals surface area (Å²) in [6, 6.07) is 12.2. The first-order chi connectivity index (χ1) is 12.6. The van der Waals surface area contributed by atoms with Crippen molar-refractivity contribution in [3.8, 4) is 22.8 Å². The van der Waals surface area contributed by atoms with Crippen LogP contribution >= 0.6 is 27.3 Å². The maximum Gasteiger partial charge on any atom is 0.206 e. The summed E-state index contributed by atoms with van der Waals surface area (Å²) in [5, 5.41) is 25.9. The molecule has 0 spiro atoms. The van der Waals surface area contributed by atoms with Crippen LogP contribution in [0.1, 0.15) is 5.56 Å². The van der Waals surface area contributed by atoms with Crippen LogP contribution in [0.25, 0.3) is 11.3 Å². The third-order valence-corrected chi connectivity index (χ3v) is 5.06. The minimum Gasteiger partial charge on any atom is -0.508 e. The monoisotopic (exact) mass is 429 g/mol. The highest BCUT2D eigenvalue weighted by Crippen LogP contribution is 2.28. The van der Waals surface area contributed by atoms with Crippen LogP contribution in [0.3, 0.4) is 0 Å². The first-order valence-electron chi connectivity index (χ1n) is 7.73. The largest absolute Gasteiger partial charge is 0.508 e. The number of halogens is 1. The van der Waals surface area contributed by atoms with E-state index in [2.05, 4.69) is 32.6 Å². The van der Waals surface area contributed by atoms with Crippen LogP contribution in [0.4, 0.5) is 0 Å². The van der Waals surface area contributed by atoms with E-state index in [1.165, 1.54) is 29.7 Å². The van der Waals surface area contributed by atoms with Gasteiger partial charge in [0.15, 0.2) is 0 Å². The highest BCUT2D eigenvalue weighted by atomic mass is 79.9. The Labute approximate surface area is 163 Å². The summed E-state index contributed by atoms with van der Waals surface area (Å²) in [5.41, 5.74) is 2.35. The second-order valence-electron chi connectivity index (χ2n) is 5.31. The second-order valence-corrected chi connectivity index (χ2v) is 7.00. The summed E-state index contributed by atoms with van der Waals surface area (Å²) in [4.78, 5) is 5.19. The summed E-state index contributed by atoms with van der Waals surface area (Å²) < 4.78 is 2.67. The normalized spacial score (nSPS) is 12.0. The van der Waals surface area contributed by atoms with E-state index < -0.39 is 0 Å². The molecule has 3 rings (SSSR count). The third kappa shape index (κ3) is 3.95. The summed E-state index contributed by atoms with van der Waals surface area (Å²) in [6.07, 6.45) is 3.26. The van der Waals surface area contributed by atoms with Gasteiger partial charge in [0.25, 0.3) is 0 Å². The molecule has 0 aliphatic rings. The zero-order valence-corrected chi connectivity index (χ0v) is 16.1. The van der Waals surface area contributed by atoms with Crippen LogP contribution in [0.5, 0.6) is 11.5 Å². The van der Waals surface area contributed by atoms with Crippen molar-refractivity contribution in [2.75, 3.05) is 6.54 Å². The van der Waals surface area contributed by atoms with Crippen molar-refractivity contribution in [2.45, 2.75) is 0 Å². The van der Waals surface area contributed by atoms with E-state index in [1.807, 2.05) is 29.6 Å². The minimum atomic E-state index is -0.0448. The summed E-state index contributed by atoms with van der Waals surface area (Å²) in [6.45, 7) is 4.18.